The van der Waals surface area contributed by atoms with Gasteiger partial charge in [0.05, 0.1) is 19.8 Å². The smallest absolute Gasteiger partial charge is 0.251 e. The van der Waals surface area contributed by atoms with E-state index in [1.54, 1.807) is 0 Å². The minimum absolute atomic E-state index is 0.00497. The van der Waals surface area contributed by atoms with Crippen molar-refractivity contribution in [3.8, 4) is 0 Å². The molecule has 7 nitrogen and oxygen atoms in total. The van der Waals surface area contributed by atoms with E-state index >= 15 is 0 Å². The van der Waals surface area contributed by atoms with Gasteiger partial charge in [0.1, 0.15) is 0 Å². The molecule has 0 atom stereocenters. The number of hydrogen-bond donors (Lipinski definition) is 2. The molecule has 0 bridgehead atoms. The summed E-state index contributed by atoms with van der Waals surface area (Å²) >= 11 is 0. The van der Waals surface area contributed by atoms with Crippen molar-refractivity contribution in [1.82, 2.24) is 20.4 Å². The summed E-state index contributed by atoms with van der Waals surface area (Å²) in [6, 6.07) is 7.82. The maximum absolute atomic E-state index is 12.5. The van der Waals surface area contributed by atoms with Gasteiger partial charge in [0.15, 0.2) is 0 Å². The minimum atomic E-state index is -0.0771. The van der Waals surface area contributed by atoms with Crippen LogP contribution in [0, 0.1) is 6.92 Å². The normalized spacial score (nSPS) is 19.4. The van der Waals surface area contributed by atoms with E-state index in [1.807, 2.05) is 31.2 Å². The topological polar surface area (TPSA) is 73.9 Å². The fourth-order valence-electron chi connectivity index (χ4n) is 4.18. The van der Waals surface area contributed by atoms with Crippen LogP contribution in [0.4, 0.5) is 0 Å². The molecule has 2 amide bonds. The molecule has 166 valence electrons. The molecule has 2 heterocycles. The van der Waals surface area contributed by atoms with Gasteiger partial charge in [-0.1, -0.05) is 18.2 Å². The quantitative estimate of drug-likeness (QED) is 0.703. The molecule has 2 fully saturated rings. The maximum atomic E-state index is 12.5. The van der Waals surface area contributed by atoms with Crippen molar-refractivity contribution in [2.75, 3.05) is 52.5 Å². The molecular formula is C23H36N4O3. The molecule has 0 spiro atoms. The number of nitrogens with zero attached hydrogens (tertiary/aromatic N) is 2. The van der Waals surface area contributed by atoms with E-state index in [-0.39, 0.29) is 23.4 Å². The van der Waals surface area contributed by atoms with Crippen LogP contribution in [0.2, 0.25) is 0 Å². The Balaban J connectivity index is 1.37. The lowest BCUT2D eigenvalue weighted by Gasteiger charge is -2.41. The van der Waals surface area contributed by atoms with E-state index in [2.05, 4.69) is 34.3 Å². The van der Waals surface area contributed by atoms with Crippen molar-refractivity contribution >= 4 is 11.8 Å². The summed E-state index contributed by atoms with van der Waals surface area (Å²) in [7, 11) is 0. The number of piperidine rings is 1. The third kappa shape index (κ3) is 6.27. The second-order valence-corrected chi connectivity index (χ2v) is 9.03. The molecule has 0 aromatic heterocycles. The Morgan fingerprint density at radius 3 is 2.43 bits per heavy atom. The van der Waals surface area contributed by atoms with E-state index in [0.717, 1.165) is 63.4 Å². The first-order valence-electron chi connectivity index (χ1n) is 11.0. The molecule has 2 aliphatic heterocycles. The van der Waals surface area contributed by atoms with Crippen LogP contribution in [0.3, 0.4) is 0 Å². The predicted octanol–water partition coefficient (Wildman–Crippen LogP) is 1.42. The Bertz CT molecular complexity index is 723. The Morgan fingerprint density at radius 1 is 1.10 bits per heavy atom. The van der Waals surface area contributed by atoms with Crippen molar-refractivity contribution in [3.63, 3.8) is 0 Å². The van der Waals surface area contributed by atoms with Crippen LogP contribution in [0.25, 0.3) is 0 Å². The lowest BCUT2D eigenvalue weighted by atomic mass is 10.0. The SMILES string of the molecule is Cc1ccccc1C(=O)NC1CCN(CC(=O)NCC(C)(C)N2CCOCC2)CC1. The van der Waals surface area contributed by atoms with E-state index in [0.29, 0.717) is 13.1 Å². The summed E-state index contributed by atoms with van der Waals surface area (Å²) in [5.41, 5.74) is 1.65. The number of amides is 2. The van der Waals surface area contributed by atoms with Gasteiger partial charge in [-0.2, -0.15) is 0 Å². The Labute approximate surface area is 180 Å². The number of nitrogens with one attached hydrogen (secondary N) is 2. The van der Waals surface area contributed by atoms with Crippen molar-refractivity contribution in [2.24, 2.45) is 0 Å². The van der Waals surface area contributed by atoms with Crippen LogP contribution in [0.15, 0.2) is 24.3 Å². The predicted molar refractivity (Wildman–Crippen MR) is 118 cm³/mol. The van der Waals surface area contributed by atoms with E-state index < -0.39 is 0 Å². The van der Waals surface area contributed by atoms with Crippen LogP contribution >= 0.6 is 0 Å². The molecule has 30 heavy (non-hydrogen) atoms. The molecule has 3 rings (SSSR count). The molecule has 2 saturated heterocycles. The van der Waals surface area contributed by atoms with Gasteiger partial charge in [-0.25, -0.2) is 0 Å². The number of carbonyl (C=O) groups excluding carboxylic acids is 2. The molecule has 1 aromatic rings. The number of morpholine rings is 1. The number of likely N-dealkylation sites (tertiary alicyclic amines) is 1. The largest absolute Gasteiger partial charge is 0.379 e. The van der Waals surface area contributed by atoms with Gasteiger partial charge in [-0.15, -0.1) is 0 Å². The number of benzene rings is 1. The van der Waals surface area contributed by atoms with Gasteiger partial charge in [-0.05, 0) is 45.2 Å². The van der Waals surface area contributed by atoms with Gasteiger partial charge in [0.25, 0.3) is 5.91 Å². The molecule has 2 N–H and O–H groups in total. The first-order valence-corrected chi connectivity index (χ1v) is 11.0. The average Bonchev–Trinajstić information content (AvgIpc) is 2.75. The number of carbonyl (C=O) groups is 2. The van der Waals surface area contributed by atoms with Crippen LogP contribution in [-0.4, -0.2) is 85.7 Å². The second kappa shape index (κ2) is 10.4. The summed E-state index contributed by atoms with van der Waals surface area (Å²) in [6.07, 6.45) is 1.73. The van der Waals surface area contributed by atoms with Gasteiger partial charge >= 0.3 is 0 Å². The zero-order valence-corrected chi connectivity index (χ0v) is 18.6. The number of aryl methyl sites for hydroxylation is 1. The zero-order valence-electron chi connectivity index (χ0n) is 18.6. The minimum Gasteiger partial charge on any atom is -0.379 e. The van der Waals surface area contributed by atoms with Gasteiger partial charge < -0.3 is 15.4 Å². The van der Waals surface area contributed by atoms with Crippen LogP contribution in [-0.2, 0) is 9.53 Å². The molecule has 2 aliphatic rings. The molecule has 0 aliphatic carbocycles. The fraction of sp³-hybridized carbons (Fsp3) is 0.652. The molecule has 7 heteroatoms. The third-order valence-electron chi connectivity index (χ3n) is 6.27. The monoisotopic (exact) mass is 416 g/mol. The van der Waals surface area contributed by atoms with Crippen molar-refractivity contribution in [1.29, 1.82) is 0 Å². The van der Waals surface area contributed by atoms with Gasteiger partial charge in [0, 0.05) is 49.9 Å². The zero-order chi connectivity index (χ0) is 21.6. The highest BCUT2D eigenvalue weighted by Crippen LogP contribution is 2.16. The highest BCUT2D eigenvalue weighted by molar-refractivity contribution is 5.95. The standard InChI is InChI=1S/C23H36N4O3/c1-18-6-4-5-7-20(18)22(29)25-19-8-10-26(11-9-19)16-21(28)24-17-23(2,3)27-12-14-30-15-13-27/h4-7,19H,8-17H2,1-3H3,(H,24,28)(H,25,29). The van der Waals surface area contributed by atoms with Crippen molar-refractivity contribution < 1.29 is 14.3 Å². The third-order valence-corrected chi connectivity index (χ3v) is 6.27. The highest BCUT2D eigenvalue weighted by Gasteiger charge is 2.29. The molecule has 0 saturated carbocycles. The summed E-state index contributed by atoms with van der Waals surface area (Å²) in [6.45, 7) is 12.3. The molecule has 1 aromatic carbocycles. The van der Waals surface area contributed by atoms with Gasteiger partial charge in [0.2, 0.25) is 5.91 Å². The van der Waals surface area contributed by atoms with Crippen molar-refractivity contribution in [2.45, 2.75) is 45.2 Å². The Morgan fingerprint density at radius 2 is 1.77 bits per heavy atom. The summed E-state index contributed by atoms with van der Waals surface area (Å²) < 4.78 is 5.42. The van der Waals surface area contributed by atoms with E-state index in [1.165, 1.54) is 0 Å². The lowest BCUT2D eigenvalue weighted by molar-refractivity contribution is -0.123. The Hall–Kier alpha value is -1.96. The van der Waals surface area contributed by atoms with Gasteiger partial charge in [-0.3, -0.25) is 19.4 Å². The lowest BCUT2D eigenvalue weighted by Crippen LogP contribution is -2.56. The summed E-state index contributed by atoms with van der Waals surface area (Å²) in [5, 5.41) is 6.26. The van der Waals surface area contributed by atoms with Crippen LogP contribution < -0.4 is 10.6 Å². The Kier molecular flexibility index (Phi) is 7.86. The molecule has 0 unspecified atom stereocenters. The summed E-state index contributed by atoms with van der Waals surface area (Å²) in [4.78, 5) is 29.5. The number of ether oxygens (including phenoxy) is 1. The first-order chi connectivity index (χ1) is 14.3. The van der Waals surface area contributed by atoms with E-state index in [4.69, 9.17) is 4.74 Å². The maximum Gasteiger partial charge on any atom is 0.251 e. The second-order valence-electron chi connectivity index (χ2n) is 9.03. The number of hydrogen-bond acceptors (Lipinski definition) is 5. The summed E-state index contributed by atoms with van der Waals surface area (Å²) in [5.74, 6) is 0.0633. The van der Waals surface area contributed by atoms with Crippen molar-refractivity contribution in [3.05, 3.63) is 35.4 Å². The first kappa shape index (κ1) is 22.7. The molecule has 0 radical (unpaired) electrons. The highest BCUT2D eigenvalue weighted by atomic mass is 16.5. The number of rotatable bonds is 7. The van der Waals surface area contributed by atoms with Crippen LogP contribution in [0.1, 0.15) is 42.6 Å². The molecular weight excluding hydrogens is 380 g/mol. The van der Waals surface area contributed by atoms with E-state index in [9.17, 15) is 9.59 Å². The average molecular weight is 417 g/mol. The van der Waals surface area contributed by atoms with Crippen LogP contribution in [0.5, 0.6) is 0 Å². The fourth-order valence-corrected chi connectivity index (χ4v) is 4.18.